The van der Waals surface area contributed by atoms with Crippen LogP contribution in [0.5, 0.6) is 11.5 Å². The zero-order chi connectivity index (χ0) is 25.2. The van der Waals surface area contributed by atoms with Gasteiger partial charge in [0.2, 0.25) is 0 Å². The van der Waals surface area contributed by atoms with Gasteiger partial charge in [-0.3, -0.25) is 4.79 Å². The van der Waals surface area contributed by atoms with Crippen LogP contribution in [0.25, 0.3) is 0 Å². The van der Waals surface area contributed by atoms with Gasteiger partial charge in [-0.15, -0.1) is 0 Å². The highest BCUT2D eigenvalue weighted by Crippen LogP contribution is 2.49. The van der Waals surface area contributed by atoms with Crippen molar-refractivity contribution in [3.63, 3.8) is 0 Å². The van der Waals surface area contributed by atoms with Gasteiger partial charge in [-0.2, -0.15) is 13.2 Å². The van der Waals surface area contributed by atoms with Gasteiger partial charge in [0.1, 0.15) is 4.60 Å². The molecule has 2 aromatic rings. The third-order valence-electron chi connectivity index (χ3n) is 6.75. The van der Waals surface area contributed by atoms with Crippen LogP contribution >= 0.6 is 15.9 Å². The Labute approximate surface area is 210 Å². The predicted molar refractivity (Wildman–Crippen MR) is 126 cm³/mol. The summed E-state index contributed by atoms with van der Waals surface area (Å²) in [5.41, 5.74) is -0.0188. The van der Waals surface area contributed by atoms with Crippen molar-refractivity contribution in [1.82, 2.24) is 10.3 Å². The van der Waals surface area contributed by atoms with Crippen LogP contribution in [-0.2, 0) is 17.5 Å². The SMILES string of the molecule is CCOc1c(OC)cc(Br)nc1C(=O)NC1CC2CC(COCc3cccc(C(F)(F)F)c3)C1C2. The number of benzene rings is 1. The Kier molecular flexibility index (Phi) is 7.90. The molecule has 0 radical (unpaired) electrons. The number of hydrogen-bond donors (Lipinski definition) is 1. The molecule has 0 saturated heterocycles. The van der Waals surface area contributed by atoms with Gasteiger partial charge in [0, 0.05) is 12.1 Å². The van der Waals surface area contributed by atoms with E-state index in [1.165, 1.54) is 13.2 Å². The van der Waals surface area contributed by atoms with E-state index in [0.29, 0.717) is 40.8 Å². The Morgan fingerprint density at radius 1 is 1.23 bits per heavy atom. The number of fused-ring (bicyclic) bond motifs is 2. The van der Waals surface area contributed by atoms with Gasteiger partial charge in [-0.1, -0.05) is 12.1 Å². The largest absolute Gasteiger partial charge is 0.493 e. The number of carbonyl (C=O) groups is 1. The van der Waals surface area contributed by atoms with E-state index < -0.39 is 11.7 Å². The van der Waals surface area contributed by atoms with Crippen molar-refractivity contribution in [2.24, 2.45) is 17.8 Å². The second kappa shape index (κ2) is 10.7. The number of alkyl halides is 3. The summed E-state index contributed by atoms with van der Waals surface area (Å²) in [6.45, 7) is 2.74. The number of rotatable bonds is 9. The van der Waals surface area contributed by atoms with Crippen molar-refractivity contribution in [2.45, 2.75) is 45.0 Å². The topological polar surface area (TPSA) is 69.7 Å². The maximum absolute atomic E-state index is 13.2. The molecule has 1 aromatic carbocycles. The van der Waals surface area contributed by atoms with Gasteiger partial charge in [0.05, 0.1) is 32.5 Å². The van der Waals surface area contributed by atoms with Gasteiger partial charge in [-0.05, 0) is 77.6 Å². The van der Waals surface area contributed by atoms with E-state index in [0.717, 1.165) is 31.4 Å². The number of ether oxygens (including phenoxy) is 3. The van der Waals surface area contributed by atoms with Gasteiger partial charge in [0.25, 0.3) is 5.91 Å². The van der Waals surface area contributed by atoms with Gasteiger partial charge in [0.15, 0.2) is 17.2 Å². The number of amides is 1. The van der Waals surface area contributed by atoms with E-state index in [9.17, 15) is 18.0 Å². The second-order valence-electron chi connectivity index (χ2n) is 9.05. The molecule has 0 spiro atoms. The Balaban J connectivity index is 1.37. The average Bonchev–Trinajstić information content (AvgIpc) is 3.39. The lowest BCUT2D eigenvalue weighted by molar-refractivity contribution is -0.137. The molecule has 1 amide bonds. The third-order valence-corrected chi connectivity index (χ3v) is 7.16. The highest BCUT2D eigenvalue weighted by atomic mass is 79.9. The fourth-order valence-electron chi connectivity index (χ4n) is 5.33. The van der Waals surface area contributed by atoms with E-state index in [1.54, 1.807) is 12.1 Å². The maximum Gasteiger partial charge on any atom is 0.416 e. The third kappa shape index (κ3) is 5.91. The van der Waals surface area contributed by atoms with Crippen molar-refractivity contribution in [2.75, 3.05) is 20.3 Å². The van der Waals surface area contributed by atoms with E-state index in [-0.39, 0.29) is 36.1 Å². The first-order chi connectivity index (χ1) is 16.7. The standard InChI is InChI=1S/C25H28BrF3N2O4/c1-3-35-23-20(33-2)11-21(26)31-22(23)24(32)30-19-10-15-7-16(18(19)9-15)13-34-12-14-5-4-6-17(8-14)25(27,28)29/h4-6,8,11,15-16,18-19H,3,7,9-10,12-13H2,1-2H3,(H,30,32). The molecular formula is C25H28BrF3N2O4. The fraction of sp³-hybridized carbons (Fsp3) is 0.520. The van der Waals surface area contributed by atoms with Crippen LogP contribution < -0.4 is 14.8 Å². The maximum atomic E-state index is 13.2. The minimum Gasteiger partial charge on any atom is -0.493 e. The first kappa shape index (κ1) is 25.8. The zero-order valence-electron chi connectivity index (χ0n) is 19.5. The second-order valence-corrected chi connectivity index (χ2v) is 9.86. The molecule has 190 valence electrons. The Morgan fingerprint density at radius 2 is 2.03 bits per heavy atom. The van der Waals surface area contributed by atoms with Gasteiger partial charge < -0.3 is 19.5 Å². The van der Waals surface area contributed by atoms with Crippen LogP contribution in [0.15, 0.2) is 34.9 Å². The molecule has 4 atom stereocenters. The number of nitrogens with zero attached hydrogens (tertiary/aromatic N) is 1. The van der Waals surface area contributed by atoms with E-state index >= 15 is 0 Å². The molecule has 2 fully saturated rings. The molecule has 2 bridgehead atoms. The minimum absolute atomic E-state index is 0.0235. The lowest BCUT2D eigenvalue weighted by Crippen LogP contribution is -2.42. The normalized spacial score (nSPS) is 23.4. The molecule has 1 aromatic heterocycles. The summed E-state index contributed by atoms with van der Waals surface area (Å²) in [7, 11) is 1.51. The number of carbonyl (C=O) groups excluding carboxylic acids is 1. The Morgan fingerprint density at radius 3 is 2.71 bits per heavy atom. The summed E-state index contributed by atoms with van der Waals surface area (Å²) in [4.78, 5) is 17.5. The summed E-state index contributed by atoms with van der Waals surface area (Å²) >= 11 is 3.32. The lowest BCUT2D eigenvalue weighted by atomic mass is 9.85. The highest BCUT2D eigenvalue weighted by molar-refractivity contribution is 9.10. The van der Waals surface area contributed by atoms with E-state index in [1.807, 2.05) is 6.92 Å². The molecule has 35 heavy (non-hydrogen) atoms. The summed E-state index contributed by atoms with van der Waals surface area (Å²) in [5, 5.41) is 3.13. The van der Waals surface area contributed by atoms with Crippen LogP contribution in [0, 0.1) is 17.8 Å². The number of hydrogen-bond acceptors (Lipinski definition) is 5. The van der Waals surface area contributed by atoms with Crippen LogP contribution in [-0.4, -0.2) is 37.3 Å². The molecule has 2 aliphatic rings. The highest BCUT2D eigenvalue weighted by Gasteiger charge is 2.47. The van der Waals surface area contributed by atoms with E-state index in [4.69, 9.17) is 14.2 Å². The van der Waals surface area contributed by atoms with Gasteiger partial charge >= 0.3 is 6.18 Å². The molecule has 1 N–H and O–H groups in total. The van der Waals surface area contributed by atoms with Crippen molar-refractivity contribution in [3.8, 4) is 11.5 Å². The summed E-state index contributed by atoms with van der Waals surface area (Å²) in [5.74, 6) is 1.38. The molecule has 2 saturated carbocycles. The quantitative estimate of drug-likeness (QED) is 0.405. The smallest absolute Gasteiger partial charge is 0.416 e. The average molecular weight is 557 g/mol. The first-order valence-corrected chi connectivity index (χ1v) is 12.4. The monoisotopic (exact) mass is 556 g/mol. The van der Waals surface area contributed by atoms with Gasteiger partial charge in [-0.25, -0.2) is 4.98 Å². The van der Waals surface area contributed by atoms with Crippen LogP contribution in [0.2, 0.25) is 0 Å². The van der Waals surface area contributed by atoms with Crippen molar-refractivity contribution >= 4 is 21.8 Å². The minimum atomic E-state index is -4.37. The summed E-state index contributed by atoms with van der Waals surface area (Å²) < 4.78 is 56.1. The number of aromatic nitrogens is 1. The van der Waals surface area contributed by atoms with Crippen molar-refractivity contribution in [1.29, 1.82) is 0 Å². The van der Waals surface area contributed by atoms with Crippen LogP contribution in [0.3, 0.4) is 0 Å². The van der Waals surface area contributed by atoms with Crippen molar-refractivity contribution < 1.29 is 32.2 Å². The Hall–Kier alpha value is -2.33. The molecule has 10 heteroatoms. The molecule has 1 heterocycles. The lowest BCUT2D eigenvalue weighted by Gasteiger charge is -2.30. The molecule has 4 unspecified atom stereocenters. The summed E-state index contributed by atoms with van der Waals surface area (Å²) in [6, 6.07) is 6.83. The Bertz CT molecular complexity index is 1070. The zero-order valence-corrected chi connectivity index (χ0v) is 21.1. The van der Waals surface area contributed by atoms with Crippen molar-refractivity contribution in [3.05, 3.63) is 51.8 Å². The molecule has 2 aliphatic carbocycles. The number of methoxy groups -OCH3 is 1. The van der Waals surface area contributed by atoms with E-state index in [2.05, 4.69) is 26.2 Å². The predicted octanol–water partition coefficient (Wildman–Crippen LogP) is 5.63. The summed E-state index contributed by atoms with van der Waals surface area (Å²) in [6.07, 6.45) is -1.50. The molecule has 4 rings (SSSR count). The number of nitrogens with one attached hydrogen (secondary N) is 1. The first-order valence-electron chi connectivity index (χ1n) is 11.6. The number of pyridine rings is 1. The fourth-order valence-corrected chi connectivity index (χ4v) is 5.71. The molecular weight excluding hydrogens is 529 g/mol. The molecule has 6 nitrogen and oxygen atoms in total. The molecule has 0 aliphatic heterocycles. The number of halogens is 4. The van der Waals surface area contributed by atoms with Crippen LogP contribution in [0.4, 0.5) is 13.2 Å². The van der Waals surface area contributed by atoms with Crippen LogP contribution in [0.1, 0.15) is 47.8 Å².